The van der Waals surface area contributed by atoms with Gasteiger partial charge in [0.15, 0.2) is 5.57 Å². The van der Waals surface area contributed by atoms with E-state index in [-0.39, 0.29) is 11.3 Å². The summed E-state index contributed by atoms with van der Waals surface area (Å²) in [6.07, 6.45) is 0. The fourth-order valence-corrected chi connectivity index (χ4v) is 1.72. The number of carbonyl (C=O) groups is 2. The van der Waals surface area contributed by atoms with Crippen molar-refractivity contribution in [3.63, 3.8) is 0 Å². The molecule has 1 atom stereocenters. The monoisotopic (exact) mass is 233 g/mol. The molecule has 0 aromatic heterocycles. The highest BCUT2D eigenvalue weighted by Gasteiger charge is 2.37. The number of nitrogens with one attached hydrogen (secondary N) is 1. The van der Waals surface area contributed by atoms with Gasteiger partial charge in [-0.1, -0.05) is 30.3 Å². The van der Waals surface area contributed by atoms with Gasteiger partial charge in [0.1, 0.15) is 11.8 Å². The summed E-state index contributed by atoms with van der Waals surface area (Å²) in [5.74, 6) is -1.75. The van der Waals surface area contributed by atoms with Crippen LogP contribution in [-0.4, -0.2) is 24.1 Å². The number of rotatable bonds is 2. The molecular weight excluding hydrogens is 222 g/mol. The van der Waals surface area contributed by atoms with Crippen molar-refractivity contribution in [3.8, 4) is 0 Å². The SMILES string of the molecule is COC(=O)C1=C(O)C(c2ccccc2)NC1=O. The van der Waals surface area contributed by atoms with E-state index in [1.165, 1.54) is 0 Å². The number of hydrogen-bond acceptors (Lipinski definition) is 4. The highest BCUT2D eigenvalue weighted by molar-refractivity contribution is 6.18. The van der Waals surface area contributed by atoms with Gasteiger partial charge in [-0.15, -0.1) is 0 Å². The van der Waals surface area contributed by atoms with Gasteiger partial charge in [-0.3, -0.25) is 4.79 Å². The number of aliphatic hydroxyl groups excluding tert-OH is 1. The van der Waals surface area contributed by atoms with Gasteiger partial charge in [0.2, 0.25) is 0 Å². The largest absolute Gasteiger partial charge is 0.509 e. The summed E-state index contributed by atoms with van der Waals surface area (Å²) >= 11 is 0. The van der Waals surface area contributed by atoms with E-state index in [0.29, 0.717) is 5.56 Å². The molecule has 0 fully saturated rings. The molecule has 1 aliphatic heterocycles. The highest BCUT2D eigenvalue weighted by Crippen LogP contribution is 2.28. The van der Waals surface area contributed by atoms with Gasteiger partial charge in [-0.25, -0.2) is 4.79 Å². The Bertz CT molecular complexity index is 492. The zero-order chi connectivity index (χ0) is 12.4. The second-order valence-electron chi connectivity index (χ2n) is 3.57. The molecular formula is C12H11NO4. The van der Waals surface area contributed by atoms with Gasteiger partial charge < -0.3 is 15.2 Å². The number of esters is 1. The molecule has 17 heavy (non-hydrogen) atoms. The summed E-state index contributed by atoms with van der Waals surface area (Å²) in [6, 6.07) is 8.21. The molecule has 1 heterocycles. The van der Waals surface area contributed by atoms with E-state index in [1.54, 1.807) is 24.3 Å². The first-order valence-corrected chi connectivity index (χ1v) is 5.02. The minimum Gasteiger partial charge on any atom is -0.509 e. The molecule has 0 radical (unpaired) electrons. The van der Waals surface area contributed by atoms with Crippen LogP contribution in [0, 0.1) is 0 Å². The maximum atomic E-state index is 11.5. The smallest absolute Gasteiger partial charge is 0.347 e. The summed E-state index contributed by atoms with van der Waals surface area (Å²) < 4.78 is 4.44. The molecule has 1 amide bonds. The zero-order valence-corrected chi connectivity index (χ0v) is 9.14. The first-order chi connectivity index (χ1) is 8.15. The summed E-state index contributed by atoms with van der Waals surface area (Å²) in [4.78, 5) is 22.8. The minimum absolute atomic E-state index is 0.298. The lowest BCUT2D eigenvalue weighted by Crippen LogP contribution is -2.24. The van der Waals surface area contributed by atoms with E-state index in [9.17, 15) is 14.7 Å². The van der Waals surface area contributed by atoms with Gasteiger partial charge >= 0.3 is 5.97 Å². The molecule has 0 saturated carbocycles. The molecule has 1 aromatic rings. The van der Waals surface area contributed by atoms with E-state index in [2.05, 4.69) is 10.1 Å². The molecule has 0 bridgehead atoms. The molecule has 5 heteroatoms. The zero-order valence-electron chi connectivity index (χ0n) is 9.14. The van der Waals surface area contributed by atoms with Crippen molar-refractivity contribution in [2.24, 2.45) is 0 Å². The molecule has 0 saturated heterocycles. The molecule has 1 aliphatic rings. The Labute approximate surface area is 97.7 Å². The van der Waals surface area contributed by atoms with E-state index in [1.807, 2.05) is 6.07 Å². The number of methoxy groups -OCH3 is 1. The number of hydrogen-bond donors (Lipinski definition) is 2. The molecule has 0 aliphatic carbocycles. The van der Waals surface area contributed by atoms with Crippen molar-refractivity contribution in [2.45, 2.75) is 6.04 Å². The average Bonchev–Trinajstić information content (AvgIpc) is 2.65. The van der Waals surface area contributed by atoms with Gasteiger partial charge in [-0.05, 0) is 5.56 Å². The standard InChI is InChI=1S/C12H11NO4/c1-17-12(16)8-10(14)9(13-11(8)15)7-5-3-2-4-6-7/h2-6,9,14H,1H3,(H,13,15). The number of benzene rings is 1. The predicted molar refractivity (Wildman–Crippen MR) is 59.0 cm³/mol. The molecule has 1 aromatic carbocycles. The fraction of sp³-hybridized carbons (Fsp3) is 0.167. The summed E-state index contributed by atoms with van der Waals surface area (Å²) in [5, 5.41) is 12.4. The normalized spacial score (nSPS) is 19.1. The van der Waals surface area contributed by atoms with Crippen molar-refractivity contribution in [1.29, 1.82) is 0 Å². The predicted octanol–water partition coefficient (Wildman–Crippen LogP) is 0.843. The van der Waals surface area contributed by atoms with Crippen LogP contribution in [-0.2, 0) is 14.3 Å². The van der Waals surface area contributed by atoms with Crippen LogP contribution in [0.3, 0.4) is 0 Å². The molecule has 88 valence electrons. The van der Waals surface area contributed by atoms with E-state index in [4.69, 9.17) is 0 Å². The lowest BCUT2D eigenvalue weighted by atomic mass is 10.1. The van der Waals surface area contributed by atoms with Crippen molar-refractivity contribution in [3.05, 3.63) is 47.2 Å². The van der Waals surface area contributed by atoms with Crippen LogP contribution in [0.4, 0.5) is 0 Å². The lowest BCUT2D eigenvalue weighted by Gasteiger charge is -2.10. The van der Waals surface area contributed by atoms with Gasteiger partial charge in [0, 0.05) is 0 Å². The minimum atomic E-state index is -0.835. The van der Waals surface area contributed by atoms with Crippen LogP contribution in [0.5, 0.6) is 0 Å². The quantitative estimate of drug-likeness (QED) is 0.586. The molecule has 0 spiro atoms. The van der Waals surface area contributed by atoms with Crippen LogP contribution < -0.4 is 5.32 Å². The third kappa shape index (κ3) is 1.87. The summed E-state index contributed by atoms with van der Waals surface area (Å²) in [6.45, 7) is 0. The topological polar surface area (TPSA) is 75.6 Å². The van der Waals surface area contributed by atoms with Gasteiger partial charge in [-0.2, -0.15) is 0 Å². The van der Waals surface area contributed by atoms with Gasteiger partial charge in [0.25, 0.3) is 5.91 Å². The second-order valence-corrected chi connectivity index (χ2v) is 3.57. The summed E-state index contributed by atoms with van der Waals surface area (Å²) in [5.41, 5.74) is 0.374. The third-order valence-electron chi connectivity index (χ3n) is 2.55. The average molecular weight is 233 g/mol. The van der Waals surface area contributed by atoms with Crippen LogP contribution >= 0.6 is 0 Å². The maximum absolute atomic E-state index is 11.5. The van der Waals surface area contributed by atoms with Gasteiger partial charge in [0.05, 0.1) is 7.11 Å². The third-order valence-corrected chi connectivity index (χ3v) is 2.55. The number of carbonyl (C=O) groups excluding carboxylic acids is 2. The van der Waals surface area contributed by atoms with Crippen LogP contribution in [0.1, 0.15) is 11.6 Å². The van der Waals surface area contributed by atoms with Crippen molar-refractivity contribution in [2.75, 3.05) is 7.11 Å². The Kier molecular flexibility index (Phi) is 2.82. The van der Waals surface area contributed by atoms with Crippen LogP contribution in [0.2, 0.25) is 0 Å². The Balaban J connectivity index is 2.39. The molecule has 2 N–H and O–H groups in total. The number of amides is 1. The lowest BCUT2D eigenvalue weighted by molar-refractivity contribution is -0.137. The Morgan fingerprint density at radius 1 is 1.35 bits per heavy atom. The van der Waals surface area contributed by atoms with E-state index >= 15 is 0 Å². The number of aliphatic hydroxyl groups is 1. The van der Waals surface area contributed by atoms with E-state index in [0.717, 1.165) is 7.11 Å². The Hall–Kier alpha value is -2.30. The first kappa shape index (κ1) is 11.2. The fourth-order valence-electron chi connectivity index (χ4n) is 1.72. The summed E-state index contributed by atoms with van der Waals surface area (Å²) in [7, 11) is 1.16. The molecule has 1 unspecified atom stereocenters. The van der Waals surface area contributed by atoms with Crippen LogP contribution in [0.25, 0.3) is 0 Å². The van der Waals surface area contributed by atoms with E-state index < -0.39 is 17.9 Å². The first-order valence-electron chi connectivity index (χ1n) is 5.02. The molecule has 2 rings (SSSR count). The highest BCUT2D eigenvalue weighted by atomic mass is 16.5. The maximum Gasteiger partial charge on any atom is 0.347 e. The Morgan fingerprint density at radius 2 is 2.00 bits per heavy atom. The Morgan fingerprint density at radius 3 is 2.59 bits per heavy atom. The number of ether oxygens (including phenoxy) is 1. The molecule has 5 nitrogen and oxygen atoms in total. The second kappa shape index (κ2) is 4.29. The van der Waals surface area contributed by atoms with Crippen molar-refractivity contribution < 1.29 is 19.4 Å². The van der Waals surface area contributed by atoms with Crippen molar-refractivity contribution in [1.82, 2.24) is 5.32 Å². The van der Waals surface area contributed by atoms with Crippen LogP contribution in [0.15, 0.2) is 41.7 Å². The van der Waals surface area contributed by atoms with Crippen molar-refractivity contribution >= 4 is 11.9 Å².